The van der Waals surface area contributed by atoms with Crippen molar-refractivity contribution >= 4 is 28.8 Å². The van der Waals surface area contributed by atoms with Crippen LogP contribution in [0.5, 0.6) is 0 Å². The monoisotopic (exact) mass is 583 g/mol. The second kappa shape index (κ2) is 9.74. The molecule has 0 N–H and O–H groups in total. The molecule has 0 saturated heterocycles. The fraction of sp³-hybridized carbons (Fsp3) is 0.143. The standard InChI is InChI=1S/C42H33NS/c1-42(2)36-19-11-10-18-33(36)34-22-21-28-24-29-23-27-13-9-12-20-37(27)44-38-26-32(25-35(39(29)38)40(28)41(34)42)43(30-14-5-3-6-15-30)31-16-7-4-8-17-31/h3-22,25-26,29H,23-24H2,1-2H3. The SMILES string of the molecule is CC1(C)c2ccccc2-c2ccc3c(c21)-c1cc(N(c2ccccc2)c2ccccc2)cc2c1C(Cc1ccccc1S2)C3. The van der Waals surface area contributed by atoms with Crippen molar-refractivity contribution < 1.29 is 0 Å². The summed E-state index contributed by atoms with van der Waals surface area (Å²) in [7, 11) is 0. The third kappa shape index (κ3) is 3.80. The second-order valence-corrected chi connectivity index (χ2v) is 14.0. The highest BCUT2D eigenvalue weighted by atomic mass is 32.2. The Kier molecular flexibility index (Phi) is 5.74. The van der Waals surface area contributed by atoms with Gasteiger partial charge in [-0.2, -0.15) is 0 Å². The molecule has 2 heteroatoms. The summed E-state index contributed by atoms with van der Waals surface area (Å²) < 4.78 is 0. The first-order chi connectivity index (χ1) is 21.6. The normalized spacial score (nSPS) is 16.5. The van der Waals surface area contributed by atoms with Crippen LogP contribution in [0.15, 0.2) is 143 Å². The number of fused-ring (bicyclic) bond motifs is 7. The zero-order valence-corrected chi connectivity index (χ0v) is 25.9. The summed E-state index contributed by atoms with van der Waals surface area (Å²) >= 11 is 1.96. The molecule has 0 spiro atoms. The molecule has 0 saturated carbocycles. The predicted molar refractivity (Wildman–Crippen MR) is 185 cm³/mol. The van der Waals surface area contributed by atoms with Gasteiger partial charge in [0.25, 0.3) is 0 Å². The Hall–Kier alpha value is -4.53. The molecule has 0 aromatic heterocycles. The van der Waals surface area contributed by atoms with Gasteiger partial charge in [-0.1, -0.05) is 117 Å². The van der Waals surface area contributed by atoms with Crippen LogP contribution in [0.1, 0.15) is 47.6 Å². The van der Waals surface area contributed by atoms with E-state index in [0.717, 1.165) is 12.8 Å². The molecule has 1 aliphatic heterocycles. The topological polar surface area (TPSA) is 3.24 Å². The molecule has 0 bridgehead atoms. The smallest absolute Gasteiger partial charge is 0.0479 e. The van der Waals surface area contributed by atoms with E-state index in [1.165, 1.54) is 76.9 Å². The number of benzene rings is 6. The summed E-state index contributed by atoms with van der Waals surface area (Å²) in [6.45, 7) is 4.86. The molecule has 212 valence electrons. The fourth-order valence-electron chi connectivity index (χ4n) is 8.15. The Morgan fingerprint density at radius 3 is 2.00 bits per heavy atom. The van der Waals surface area contributed by atoms with Crippen LogP contribution in [0, 0.1) is 0 Å². The zero-order valence-electron chi connectivity index (χ0n) is 25.0. The van der Waals surface area contributed by atoms with Crippen molar-refractivity contribution in [1.29, 1.82) is 0 Å². The lowest BCUT2D eigenvalue weighted by atomic mass is 9.70. The zero-order chi connectivity index (χ0) is 29.4. The summed E-state index contributed by atoms with van der Waals surface area (Å²) in [4.78, 5) is 5.20. The van der Waals surface area contributed by atoms with E-state index in [1.807, 2.05) is 11.8 Å². The van der Waals surface area contributed by atoms with Gasteiger partial charge in [-0.3, -0.25) is 0 Å². The summed E-state index contributed by atoms with van der Waals surface area (Å²) in [6.07, 6.45) is 2.15. The van der Waals surface area contributed by atoms with Gasteiger partial charge >= 0.3 is 0 Å². The Morgan fingerprint density at radius 2 is 1.23 bits per heavy atom. The van der Waals surface area contributed by atoms with Gasteiger partial charge in [0.15, 0.2) is 0 Å². The third-order valence-corrected chi connectivity index (χ3v) is 11.2. The molecule has 3 aliphatic rings. The van der Waals surface area contributed by atoms with Crippen molar-refractivity contribution in [3.05, 3.63) is 161 Å². The third-order valence-electron chi connectivity index (χ3n) is 10.0. The van der Waals surface area contributed by atoms with Gasteiger partial charge in [0.2, 0.25) is 0 Å². The van der Waals surface area contributed by atoms with Crippen molar-refractivity contribution in [2.24, 2.45) is 0 Å². The maximum absolute atomic E-state index is 2.51. The van der Waals surface area contributed by atoms with Crippen LogP contribution in [0.4, 0.5) is 17.1 Å². The Bertz CT molecular complexity index is 2040. The number of nitrogens with zero attached hydrogens (tertiary/aromatic N) is 1. The number of hydrogen-bond donors (Lipinski definition) is 0. The molecular weight excluding hydrogens is 551 g/mol. The minimum absolute atomic E-state index is 0.0770. The average Bonchev–Trinajstić information content (AvgIpc) is 3.17. The molecule has 0 radical (unpaired) electrons. The molecule has 9 rings (SSSR count). The highest BCUT2D eigenvalue weighted by Crippen LogP contribution is 2.58. The fourth-order valence-corrected chi connectivity index (χ4v) is 9.38. The van der Waals surface area contributed by atoms with E-state index in [4.69, 9.17) is 0 Å². The van der Waals surface area contributed by atoms with E-state index < -0.39 is 0 Å². The summed E-state index contributed by atoms with van der Waals surface area (Å²) in [6, 6.07) is 49.6. The van der Waals surface area contributed by atoms with Gasteiger partial charge in [0.1, 0.15) is 0 Å². The number of rotatable bonds is 3. The average molecular weight is 584 g/mol. The molecule has 1 atom stereocenters. The van der Waals surface area contributed by atoms with Crippen molar-refractivity contribution in [3.8, 4) is 22.3 Å². The molecule has 2 aliphatic carbocycles. The van der Waals surface area contributed by atoms with Crippen molar-refractivity contribution in [2.45, 2.75) is 47.8 Å². The lowest BCUT2D eigenvalue weighted by molar-refractivity contribution is 0.640. The minimum atomic E-state index is -0.0770. The van der Waals surface area contributed by atoms with Crippen molar-refractivity contribution in [1.82, 2.24) is 0 Å². The van der Waals surface area contributed by atoms with Crippen LogP contribution in [0.25, 0.3) is 22.3 Å². The lowest BCUT2D eigenvalue weighted by Gasteiger charge is -2.35. The van der Waals surface area contributed by atoms with Crippen LogP contribution in [0.3, 0.4) is 0 Å². The molecule has 6 aromatic rings. The molecule has 6 aromatic carbocycles. The van der Waals surface area contributed by atoms with Gasteiger partial charge < -0.3 is 4.90 Å². The summed E-state index contributed by atoms with van der Waals surface area (Å²) in [5, 5.41) is 0. The molecule has 1 nitrogen and oxygen atoms in total. The van der Waals surface area contributed by atoms with Crippen LogP contribution in [0.2, 0.25) is 0 Å². The van der Waals surface area contributed by atoms with E-state index in [9.17, 15) is 0 Å². The van der Waals surface area contributed by atoms with E-state index in [2.05, 4.69) is 152 Å². The number of anilines is 3. The highest BCUT2D eigenvalue weighted by Gasteiger charge is 2.41. The van der Waals surface area contributed by atoms with Crippen molar-refractivity contribution in [3.63, 3.8) is 0 Å². The number of hydrogen-bond acceptors (Lipinski definition) is 2. The number of para-hydroxylation sites is 2. The first-order valence-electron chi connectivity index (χ1n) is 15.7. The Balaban J connectivity index is 1.36. The molecule has 1 unspecified atom stereocenters. The van der Waals surface area contributed by atoms with E-state index in [1.54, 1.807) is 0 Å². The molecule has 44 heavy (non-hydrogen) atoms. The molecule has 0 fully saturated rings. The van der Waals surface area contributed by atoms with E-state index in [0.29, 0.717) is 5.92 Å². The summed E-state index contributed by atoms with van der Waals surface area (Å²) in [5.41, 5.74) is 16.5. The second-order valence-electron chi connectivity index (χ2n) is 12.9. The minimum Gasteiger partial charge on any atom is -0.310 e. The first-order valence-corrected chi connectivity index (χ1v) is 16.5. The largest absolute Gasteiger partial charge is 0.310 e. The highest BCUT2D eigenvalue weighted by molar-refractivity contribution is 7.99. The van der Waals surface area contributed by atoms with Crippen LogP contribution < -0.4 is 4.90 Å². The van der Waals surface area contributed by atoms with Gasteiger partial charge in [0, 0.05) is 32.3 Å². The Morgan fingerprint density at radius 1 is 0.568 bits per heavy atom. The first kappa shape index (κ1) is 25.9. The van der Waals surface area contributed by atoms with Crippen molar-refractivity contribution in [2.75, 3.05) is 4.90 Å². The molecule has 0 amide bonds. The van der Waals surface area contributed by atoms with Gasteiger partial charge in [-0.25, -0.2) is 0 Å². The maximum Gasteiger partial charge on any atom is 0.0479 e. The van der Waals surface area contributed by atoms with Crippen LogP contribution in [-0.2, 0) is 18.3 Å². The predicted octanol–water partition coefficient (Wildman–Crippen LogP) is 11.5. The van der Waals surface area contributed by atoms with Gasteiger partial charge in [-0.05, 0) is 111 Å². The van der Waals surface area contributed by atoms with Gasteiger partial charge in [0.05, 0.1) is 0 Å². The molecule has 1 heterocycles. The summed E-state index contributed by atoms with van der Waals surface area (Å²) in [5.74, 6) is 0.449. The lowest BCUT2D eigenvalue weighted by Crippen LogP contribution is -2.21. The Labute approximate surface area is 264 Å². The maximum atomic E-state index is 2.51. The van der Waals surface area contributed by atoms with Gasteiger partial charge in [-0.15, -0.1) is 0 Å². The molecular formula is C42H33NS. The van der Waals surface area contributed by atoms with E-state index >= 15 is 0 Å². The quantitative estimate of drug-likeness (QED) is 0.204. The van der Waals surface area contributed by atoms with Crippen LogP contribution in [-0.4, -0.2) is 0 Å². The van der Waals surface area contributed by atoms with Crippen LogP contribution >= 0.6 is 11.8 Å². The van der Waals surface area contributed by atoms with E-state index in [-0.39, 0.29) is 5.41 Å².